The fourth-order valence-electron chi connectivity index (χ4n) is 2.50. The van der Waals surface area contributed by atoms with Crippen LogP contribution in [0.2, 0.25) is 0 Å². The molecule has 0 saturated carbocycles. The van der Waals surface area contributed by atoms with Crippen molar-refractivity contribution in [1.82, 2.24) is 5.32 Å². The number of benzene rings is 1. The Kier molecular flexibility index (Phi) is 3.93. The number of amides is 1. The Hall–Kier alpha value is -1.71. The lowest BCUT2D eigenvalue weighted by Gasteiger charge is -2.38. The van der Waals surface area contributed by atoms with Gasteiger partial charge in [0.1, 0.15) is 11.4 Å². The first-order valence-corrected chi connectivity index (χ1v) is 7.21. The third kappa shape index (κ3) is 3.06. The summed E-state index contributed by atoms with van der Waals surface area (Å²) in [6, 6.07) is 5.56. The molecule has 2 rings (SSSR count). The van der Waals surface area contributed by atoms with Gasteiger partial charge in [0.15, 0.2) is 0 Å². The Labute approximate surface area is 120 Å². The van der Waals surface area contributed by atoms with Gasteiger partial charge >= 0.3 is 0 Å². The molecule has 2 unspecified atom stereocenters. The highest BCUT2D eigenvalue weighted by molar-refractivity contribution is 5.79. The molecule has 1 aliphatic rings. The summed E-state index contributed by atoms with van der Waals surface area (Å²) in [7, 11) is 0. The lowest BCUT2D eigenvalue weighted by molar-refractivity contribution is -0.125. The Morgan fingerprint density at radius 2 is 2.25 bits per heavy atom. The highest BCUT2D eigenvalue weighted by Crippen LogP contribution is 2.40. The predicted molar refractivity (Wildman–Crippen MR) is 80.5 cm³/mol. The van der Waals surface area contributed by atoms with Crippen LogP contribution >= 0.6 is 0 Å². The third-order valence-electron chi connectivity index (χ3n) is 3.87. The molecule has 0 bridgehead atoms. The second-order valence-corrected chi connectivity index (χ2v) is 6.23. The minimum atomic E-state index is -0.295. The van der Waals surface area contributed by atoms with E-state index in [1.807, 2.05) is 45.9 Å². The molecule has 2 atom stereocenters. The second-order valence-electron chi connectivity index (χ2n) is 6.23. The summed E-state index contributed by atoms with van der Waals surface area (Å²) in [5.41, 5.74) is 7.23. The van der Waals surface area contributed by atoms with Crippen LogP contribution in [0.25, 0.3) is 0 Å². The number of carbonyl (C=O) groups excluding carboxylic acids is 1. The number of nitrogens with two attached hydrogens (primary N) is 1. The zero-order valence-electron chi connectivity index (χ0n) is 12.7. The zero-order chi connectivity index (χ0) is 14.9. The van der Waals surface area contributed by atoms with Crippen molar-refractivity contribution in [3.05, 3.63) is 23.8 Å². The molecule has 0 spiro atoms. The molecule has 1 aromatic rings. The van der Waals surface area contributed by atoms with E-state index in [0.717, 1.165) is 24.2 Å². The summed E-state index contributed by atoms with van der Waals surface area (Å²) >= 11 is 0. The largest absolute Gasteiger partial charge is 0.487 e. The zero-order valence-corrected chi connectivity index (χ0v) is 12.7. The van der Waals surface area contributed by atoms with Gasteiger partial charge in [-0.3, -0.25) is 4.79 Å². The molecule has 0 aromatic heterocycles. The average Bonchev–Trinajstić information content (AvgIpc) is 2.37. The van der Waals surface area contributed by atoms with E-state index in [1.54, 1.807) is 0 Å². The van der Waals surface area contributed by atoms with Crippen molar-refractivity contribution in [1.29, 1.82) is 0 Å². The van der Waals surface area contributed by atoms with Gasteiger partial charge in [0.25, 0.3) is 0 Å². The van der Waals surface area contributed by atoms with E-state index in [1.165, 1.54) is 0 Å². The molecule has 110 valence electrons. The molecule has 3 N–H and O–H groups in total. The molecule has 1 heterocycles. The Balaban J connectivity index is 2.29. The normalized spacial score (nSPS) is 21.5. The molecular formula is C16H24N2O2. The van der Waals surface area contributed by atoms with Crippen LogP contribution in [0.15, 0.2) is 18.2 Å². The number of carbonyl (C=O) groups is 1. The SMILES string of the molecule is CCC(C)C(=O)NC1CC(C)(C)Oc2ccc(N)cc21. The molecule has 1 amide bonds. The topological polar surface area (TPSA) is 64.3 Å². The van der Waals surface area contributed by atoms with Crippen LogP contribution in [0, 0.1) is 5.92 Å². The van der Waals surface area contributed by atoms with E-state index >= 15 is 0 Å². The third-order valence-corrected chi connectivity index (χ3v) is 3.87. The van der Waals surface area contributed by atoms with Crippen molar-refractivity contribution in [2.75, 3.05) is 5.73 Å². The first kappa shape index (κ1) is 14.7. The van der Waals surface area contributed by atoms with Gasteiger partial charge in [0.2, 0.25) is 5.91 Å². The fraction of sp³-hybridized carbons (Fsp3) is 0.562. The quantitative estimate of drug-likeness (QED) is 0.834. The molecule has 4 nitrogen and oxygen atoms in total. The molecule has 0 fully saturated rings. The van der Waals surface area contributed by atoms with Crippen molar-refractivity contribution < 1.29 is 9.53 Å². The van der Waals surface area contributed by atoms with Gasteiger partial charge in [0, 0.05) is 23.6 Å². The maximum Gasteiger partial charge on any atom is 0.223 e. The first-order valence-electron chi connectivity index (χ1n) is 7.21. The first-order chi connectivity index (χ1) is 9.32. The van der Waals surface area contributed by atoms with Crippen molar-refractivity contribution in [2.24, 2.45) is 5.92 Å². The van der Waals surface area contributed by atoms with Gasteiger partial charge in [-0.1, -0.05) is 13.8 Å². The lowest BCUT2D eigenvalue weighted by atomic mass is 9.89. The van der Waals surface area contributed by atoms with Crippen LogP contribution in [0.4, 0.5) is 5.69 Å². The maximum absolute atomic E-state index is 12.2. The maximum atomic E-state index is 12.2. The summed E-state index contributed by atoms with van der Waals surface area (Å²) in [5, 5.41) is 3.13. The van der Waals surface area contributed by atoms with Gasteiger partial charge in [-0.25, -0.2) is 0 Å². The van der Waals surface area contributed by atoms with E-state index in [-0.39, 0.29) is 23.5 Å². The molecule has 4 heteroatoms. The summed E-state index contributed by atoms with van der Waals surface area (Å²) in [6.45, 7) is 8.04. The summed E-state index contributed by atoms with van der Waals surface area (Å²) in [5.74, 6) is 0.916. The van der Waals surface area contributed by atoms with Crippen molar-refractivity contribution >= 4 is 11.6 Å². The number of hydrogen-bond acceptors (Lipinski definition) is 3. The van der Waals surface area contributed by atoms with Crippen LogP contribution < -0.4 is 15.8 Å². The van der Waals surface area contributed by atoms with E-state index in [9.17, 15) is 4.79 Å². The second kappa shape index (κ2) is 5.35. The Morgan fingerprint density at radius 1 is 1.55 bits per heavy atom. The summed E-state index contributed by atoms with van der Waals surface area (Å²) < 4.78 is 5.97. The van der Waals surface area contributed by atoms with E-state index < -0.39 is 0 Å². The van der Waals surface area contributed by atoms with E-state index in [0.29, 0.717) is 5.69 Å². The number of fused-ring (bicyclic) bond motifs is 1. The Bertz CT molecular complexity index is 511. The van der Waals surface area contributed by atoms with Gasteiger partial charge in [-0.15, -0.1) is 0 Å². The summed E-state index contributed by atoms with van der Waals surface area (Å²) in [6.07, 6.45) is 1.58. The smallest absolute Gasteiger partial charge is 0.223 e. The monoisotopic (exact) mass is 276 g/mol. The van der Waals surface area contributed by atoms with Crippen LogP contribution in [0.5, 0.6) is 5.75 Å². The number of anilines is 1. The van der Waals surface area contributed by atoms with Crippen molar-refractivity contribution in [3.63, 3.8) is 0 Å². The van der Waals surface area contributed by atoms with Crippen LogP contribution in [0.1, 0.15) is 52.1 Å². The Morgan fingerprint density at radius 3 is 2.90 bits per heavy atom. The number of ether oxygens (including phenoxy) is 1. The van der Waals surface area contributed by atoms with Crippen LogP contribution in [-0.2, 0) is 4.79 Å². The predicted octanol–water partition coefficient (Wildman–Crippen LogP) is 3.03. The highest BCUT2D eigenvalue weighted by atomic mass is 16.5. The van der Waals surface area contributed by atoms with Crippen molar-refractivity contribution in [2.45, 2.75) is 52.2 Å². The summed E-state index contributed by atoms with van der Waals surface area (Å²) in [4.78, 5) is 12.2. The average molecular weight is 276 g/mol. The minimum Gasteiger partial charge on any atom is -0.487 e. The van der Waals surface area contributed by atoms with Gasteiger partial charge in [0.05, 0.1) is 6.04 Å². The highest BCUT2D eigenvalue weighted by Gasteiger charge is 2.35. The fourth-order valence-corrected chi connectivity index (χ4v) is 2.50. The molecule has 0 aliphatic carbocycles. The van der Waals surface area contributed by atoms with Gasteiger partial charge in [-0.05, 0) is 38.5 Å². The number of rotatable bonds is 3. The number of hydrogen-bond donors (Lipinski definition) is 2. The molecule has 1 aromatic carbocycles. The van der Waals surface area contributed by atoms with Crippen LogP contribution in [0.3, 0.4) is 0 Å². The number of nitrogen functional groups attached to an aromatic ring is 1. The molecule has 0 radical (unpaired) electrons. The number of nitrogens with one attached hydrogen (secondary N) is 1. The lowest BCUT2D eigenvalue weighted by Crippen LogP contribution is -2.42. The van der Waals surface area contributed by atoms with Gasteiger partial charge < -0.3 is 15.8 Å². The standard InChI is InChI=1S/C16H24N2O2/c1-5-10(2)15(19)18-13-9-16(3,4)20-14-7-6-11(17)8-12(13)14/h6-8,10,13H,5,9,17H2,1-4H3,(H,18,19). The van der Waals surface area contributed by atoms with E-state index in [4.69, 9.17) is 10.5 Å². The van der Waals surface area contributed by atoms with Crippen LogP contribution in [-0.4, -0.2) is 11.5 Å². The van der Waals surface area contributed by atoms with Crippen molar-refractivity contribution in [3.8, 4) is 5.75 Å². The van der Waals surface area contributed by atoms with E-state index in [2.05, 4.69) is 5.32 Å². The molecule has 20 heavy (non-hydrogen) atoms. The minimum absolute atomic E-state index is 0.0190. The van der Waals surface area contributed by atoms with Gasteiger partial charge in [-0.2, -0.15) is 0 Å². The molecule has 1 aliphatic heterocycles. The molecular weight excluding hydrogens is 252 g/mol. The molecule has 0 saturated heterocycles.